The summed E-state index contributed by atoms with van der Waals surface area (Å²) in [5.74, 6) is 2.26. The van der Waals surface area contributed by atoms with Gasteiger partial charge in [0.1, 0.15) is 5.82 Å². The summed E-state index contributed by atoms with van der Waals surface area (Å²) in [5, 5.41) is 3.37. The van der Waals surface area contributed by atoms with E-state index in [1.54, 1.807) is 6.07 Å². The van der Waals surface area contributed by atoms with Gasteiger partial charge in [0.25, 0.3) is 0 Å². The van der Waals surface area contributed by atoms with Crippen molar-refractivity contribution in [1.29, 1.82) is 0 Å². The summed E-state index contributed by atoms with van der Waals surface area (Å²) in [6.07, 6.45) is 1.94. The third-order valence-corrected chi connectivity index (χ3v) is 3.90. The second-order valence-electron chi connectivity index (χ2n) is 3.86. The molecule has 0 bridgehead atoms. The minimum Gasteiger partial charge on any atom is -0.381 e. The summed E-state index contributed by atoms with van der Waals surface area (Å²) in [5.41, 5.74) is 1.71. The van der Waals surface area contributed by atoms with Crippen molar-refractivity contribution in [3.05, 3.63) is 29.6 Å². The molecule has 0 aromatic heterocycles. The molecule has 0 radical (unpaired) electrons. The lowest BCUT2D eigenvalue weighted by Gasteiger charge is -2.13. The van der Waals surface area contributed by atoms with Gasteiger partial charge in [-0.05, 0) is 36.3 Å². The van der Waals surface area contributed by atoms with Crippen LogP contribution in [-0.4, -0.2) is 17.5 Å². The van der Waals surface area contributed by atoms with Gasteiger partial charge in [-0.25, -0.2) is 4.39 Å². The van der Waals surface area contributed by atoms with E-state index in [4.69, 9.17) is 0 Å². The fraction of sp³-hybridized carbons (Fsp3) is 0.500. The van der Waals surface area contributed by atoms with E-state index in [0.717, 1.165) is 23.4 Å². The predicted molar refractivity (Wildman–Crippen MR) is 65.1 cm³/mol. The molecule has 1 aliphatic heterocycles. The fourth-order valence-electron chi connectivity index (χ4n) is 1.81. The van der Waals surface area contributed by atoms with Crippen molar-refractivity contribution in [2.45, 2.75) is 25.8 Å². The average Bonchev–Trinajstić information content (AvgIpc) is 2.71. The molecule has 3 heteroatoms. The summed E-state index contributed by atoms with van der Waals surface area (Å²) in [4.78, 5) is 0. The maximum Gasteiger partial charge on any atom is 0.128 e. The van der Waals surface area contributed by atoms with Crippen LogP contribution in [0.15, 0.2) is 18.2 Å². The standard InChI is InChI=1S/C12H16FNS/c1-2-9-3-4-10(7-12(9)13)14-11-5-6-15-8-11/h3-4,7,11,14H,2,5-6,8H2,1H3. The first-order valence-electron chi connectivity index (χ1n) is 5.42. The van der Waals surface area contributed by atoms with Gasteiger partial charge < -0.3 is 5.32 Å². The highest BCUT2D eigenvalue weighted by Crippen LogP contribution is 2.22. The fourth-order valence-corrected chi connectivity index (χ4v) is 2.96. The van der Waals surface area contributed by atoms with Crippen LogP contribution in [0.25, 0.3) is 0 Å². The number of benzene rings is 1. The van der Waals surface area contributed by atoms with Gasteiger partial charge in [0.2, 0.25) is 0 Å². The van der Waals surface area contributed by atoms with Crippen LogP contribution in [0.3, 0.4) is 0 Å². The summed E-state index contributed by atoms with van der Waals surface area (Å²) >= 11 is 1.96. The molecule has 1 fully saturated rings. The Balaban J connectivity index is 2.05. The van der Waals surface area contributed by atoms with E-state index in [1.165, 1.54) is 12.2 Å². The maximum atomic E-state index is 13.5. The molecule has 0 saturated carbocycles. The molecule has 1 atom stereocenters. The van der Waals surface area contributed by atoms with Crippen LogP contribution in [0.5, 0.6) is 0 Å². The molecule has 1 aliphatic rings. The smallest absolute Gasteiger partial charge is 0.128 e. The molecule has 1 heterocycles. The van der Waals surface area contributed by atoms with Crippen LogP contribution in [0.1, 0.15) is 18.9 Å². The zero-order valence-corrected chi connectivity index (χ0v) is 9.74. The Morgan fingerprint density at radius 2 is 2.40 bits per heavy atom. The number of aryl methyl sites for hydroxylation is 1. The van der Waals surface area contributed by atoms with Crippen molar-refractivity contribution in [2.75, 3.05) is 16.8 Å². The van der Waals surface area contributed by atoms with E-state index >= 15 is 0 Å². The summed E-state index contributed by atoms with van der Waals surface area (Å²) < 4.78 is 13.5. The zero-order chi connectivity index (χ0) is 10.7. The molecule has 0 spiro atoms. The summed E-state index contributed by atoms with van der Waals surface area (Å²) in [7, 11) is 0. The van der Waals surface area contributed by atoms with E-state index in [0.29, 0.717) is 6.04 Å². The van der Waals surface area contributed by atoms with E-state index in [2.05, 4.69) is 5.32 Å². The van der Waals surface area contributed by atoms with Gasteiger partial charge in [0.05, 0.1) is 0 Å². The van der Waals surface area contributed by atoms with Crippen LogP contribution in [0, 0.1) is 5.82 Å². The lowest BCUT2D eigenvalue weighted by molar-refractivity contribution is 0.612. The first kappa shape index (κ1) is 10.8. The highest BCUT2D eigenvalue weighted by Gasteiger charge is 2.15. The zero-order valence-electron chi connectivity index (χ0n) is 8.92. The summed E-state index contributed by atoms with van der Waals surface area (Å²) in [6, 6.07) is 5.98. The van der Waals surface area contributed by atoms with E-state index in [-0.39, 0.29) is 5.82 Å². The molecule has 1 saturated heterocycles. The number of anilines is 1. The Kier molecular flexibility index (Phi) is 3.52. The number of thioether (sulfide) groups is 1. The number of halogens is 1. The van der Waals surface area contributed by atoms with E-state index in [9.17, 15) is 4.39 Å². The van der Waals surface area contributed by atoms with Crippen molar-refractivity contribution < 1.29 is 4.39 Å². The molecule has 82 valence electrons. The lowest BCUT2D eigenvalue weighted by Crippen LogP contribution is -2.18. The number of rotatable bonds is 3. The highest BCUT2D eigenvalue weighted by molar-refractivity contribution is 7.99. The predicted octanol–water partition coefficient (Wildman–Crippen LogP) is 3.31. The van der Waals surface area contributed by atoms with Gasteiger partial charge in [0, 0.05) is 17.5 Å². The number of nitrogens with one attached hydrogen (secondary N) is 1. The Morgan fingerprint density at radius 1 is 1.53 bits per heavy atom. The van der Waals surface area contributed by atoms with Crippen LogP contribution in [0.4, 0.5) is 10.1 Å². The van der Waals surface area contributed by atoms with Crippen molar-refractivity contribution in [3.8, 4) is 0 Å². The van der Waals surface area contributed by atoms with Crippen LogP contribution < -0.4 is 5.32 Å². The largest absolute Gasteiger partial charge is 0.381 e. The minimum absolute atomic E-state index is 0.0897. The summed E-state index contributed by atoms with van der Waals surface area (Å²) in [6.45, 7) is 1.97. The second kappa shape index (κ2) is 4.88. The van der Waals surface area contributed by atoms with Gasteiger partial charge >= 0.3 is 0 Å². The van der Waals surface area contributed by atoms with Gasteiger partial charge in [0.15, 0.2) is 0 Å². The first-order chi connectivity index (χ1) is 7.29. The van der Waals surface area contributed by atoms with Crippen molar-refractivity contribution >= 4 is 17.4 Å². The van der Waals surface area contributed by atoms with E-state index in [1.807, 2.05) is 30.8 Å². The van der Waals surface area contributed by atoms with Crippen molar-refractivity contribution in [3.63, 3.8) is 0 Å². The van der Waals surface area contributed by atoms with Gasteiger partial charge in [-0.3, -0.25) is 0 Å². The SMILES string of the molecule is CCc1ccc(NC2CCSC2)cc1F. The molecule has 1 nitrogen and oxygen atoms in total. The number of hydrogen-bond acceptors (Lipinski definition) is 2. The lowest BCUT2D eigenvalue weighted by atomic mass is 10.1. The average molecular weight is 225 g/mol. The topological polar surface area (TPSA) is 12.0 Å². The second-order valence-corrected chi connectivity index (χ2v) is 5.01. The Hall–Kier alpha value is -0.700. The van der Waals surface area contributed by atoms with Crippen LogP contribution in [-0.2, 0) is 6.42 Å². The molecule has 1 unspecified atom stereocenters. The van der Waals surface area contributed by atoms with Gasteiger partial charge in [-0.1, -0.05) is 13.0 Å². The monoisotopic (exact) mass is 225 g/mol. The molecule has 1 aromatic carbocycles. The molecule has 1 N–H and O–H groups in total. The molecular formula is C12H16FNS. The maximum absolute atomic E-state index is 13.5. The van der Waals surface area contributed by atoms with Crippen LogP contribution in [0.2, 0.25) is 0 Å². The van der Waals surface area contributed by atoms with Gasteiger partial charge in [-0.2, -0.15) is 11.8 Å². The molecular weight excluding hydrogens is 209 g/mol. The molecule has 0 amide bonds. The molecule has 0 aliphatic carbocycles. The molecule has 2 rings (SSSR count). The van der Waals surface area contributed by atoms with Crippen LogP contribution >= 0.6 is 11.8 Å². The quantitative estimate of drug-likeness (QED) is 0.847. The third-order valence-electron chi connectivity index (χ3n) is 2.73. The third kappa shape index (κ3) is 2.65. The number of hydrogen-bond donors (Lipinski definition) is 1. The van der Waals surface area contributed by atoms with E-state index < -0.39 is 0 Å². The first-order valence-corrected chi connectivity index (χ1v) is 6.57. The van der Waals surface area contributed by atoms with Crippen molar-refractivity contribution in [1.82, 2.24) is 0 Å². The van der Waals surface area contributed by atoms with Crippen molar-refractivity contribution in [2.24, 2.45) is 0 Å². The Morgan fingerprint density at radius 3 is 3.00 bits per heavy atom. The molecule has 1 aromatic rings. The Bertz CT molecular complexity index is 334. The minimum atomic E-state index is -0.0897. The van der Waals surface area contributed by atoms with Gasteiger partial charge in [-0.15, -0.1) is 0 Å². The molecule has 15 heavy (non-hydrogen) atoms. The highest BCUT2D eigenvalue weighted by atomic mass is 32.2. The Labute approximate surface area is 94.5 Å². The normalized spacial score (nSPS) is 20.5.